The molecule has 0 radical (unpaired) electrons. The number of halogens is 1. The van der Waals surface area contributed by atoms with Crippen molar-refractivity contribution in [3.8, 4) is 11.5 Å². The molecule has 1 aliphatic rings. The molecule has 0 unspecified atom stereocenters. The summed E-state index contributed by atoms with van der Waals surface area (Å²) in [6.45, 7) is 5.82. The van der Waals surface area contributed by atoms with Crippen LogP contribution in [0.5, 0.6) is 11.5 Å². The number of nitrogens with one attached hydrogen (secondary N) is 2. The minimum Gasteiger partial charge on any atom is -0.457 e. The number of pyridine rings is 2. The Morgan fingerprint density at radius 2 is 1.87 bits per heavy atom. The van der Waals surface area contributed by atoms with Crippen molar-refractivity contribution >= 4 is 11.5 Å². The van der Waals surface area contributed by atoms with E-state index in [0.29, 0.717) is 17.5 Å². The van der Waals surface area contributed by atoms with Crippen LogP contribution in [0.4, 0.5) is 15.9 Å². The van der Waals surface area contributed by atoms with Gasteiger partial charge in [0, 0.05) is 37.6 Å². The maximum Gasteiger partial charge on any atom is 0.132 e. The number of ether oxygens (including phenoxy) is 1. The molecule has 1 aromatic carbocycles. The third-order valence-electron chi connectivity index (χ3n) is 4.92. The number of aromatic nitrogens is 2. The fraction of sp³-hybridized carbons (Fsp3) is 0.217. The first-order chi connectivity index (χ1) is 14.7. The fourth-order valence-electron chi connectivity index (χ4n) is 3.42. The van der Waals surface area contributed by atoms with Gasteiger partial charge in [0.05, 0.1) is 17.7 Å². The van der Waals surface area contributed by atoms with Crippen LogP contribution in [0.15, 0.2) is 79.5 Å². The maximum atomic E-state index is 13.1. The van der Waals surface area contributed by atoms with E-state index in [2.05, 4.69) is 32.1 Å². The molecule has 0 amide bonds. The summed E-state index contributed by atoms with van der Waals surface area (Å²) >= 11 is 0. The van der Waals surface area contributed by atoms with Gasteiger partial charge in [-0.1, -0.05) is 6.58 Å². The molecule has 7 heteroatoms. The van der Waals surface area contributed by atoms with Gasteiger partial charge in [-0.2, -0.15) is 0 Å². The molecule has 2 N–H and O–H groups in total. The van der Waals surface area contributed by atoms with Gasteiger partial charge in [-0.05, 0) is 55.3 Å². The minimum absolute atomic E-state index is 0.285. The summed E-state index contributed by atoms with van der Waals surface area (Å²) in [6.07, 6.45) is 7.18. The normalized spacial score (nSPS) is 14.2. The predicted molar refractivity (Wildman–Crippen MR) is 116 cm³/mol. The van der Waals surface area contributed by atoms with E-state index in [1.165, 1.54) is 12.1 Å². The van der Waals surface area contributed by atoms with Crippen LogP contribution in [-0.4, -0.2) is 29.1 Å². The van der Waals surface area contributed by atoms with Crippen LogP contribution in [0.3, 0.4) is 0 Å². The first kappa shape index (κ1) is 19.7. The van der Waals surface area contributed by atoms with Crippen LogP contribution in [-0.2, 0) is 0 Å². The summed E-state index contributed by atoms with van der Waals surface area (Å²) < 4.78 is 18.9. The Hall–Kier alpha value is -3.61. The highest BCUT2D eigenvalue weighted by atomic mass is 19.1. The second-order valence-electron chi connectivity index (χ2n) is 7.16. The second-order valence-corrected chi connectivity index (χ2v) is 7.16. The molecule has 0 saturated carbocycles. The van der Waals surface area contributed by atoms with Crippen molar-refractivity contribution in [2.24, 2.45) is 0 Å². The third-order valence-corrected chi connectivity index (χ3v) is 4.92. The number of hydrogen-bond acceptors (Lipinski definition) is 6. The smallest absolute Gasteiger partial charge is 0.132 e. The molecule has 2 aromatic heterocycles. The van der Waals surface area contributed by atoms with Crippen LogP contribution < -0.4 is 20.3 Å². The van der Waals surface area contributed by atoms with Crippen molar-refractivity contribution in [1.29, 1.82) is 0 Å². The van der Waals surface area contributed by atoms with Gasteiger partial charge >= 0.3 is 0 Å². The van der Waals surface area contributed by atoms with Crippen LogP contribution in [0, 0.1) is 5.82 Å². The molecular formula is C23H24FN5O. The molecule has 4 rings (SSSR count). The van der Waals surface area contributed by atoms with Crippen molar-refractivity contribution in [3.05, 3.63) is 85.3 Å². The van der Waals surface area contributed by atoms with E-state index in [-0.39, 0.29) is 5.82 Å². The zero-order valence-corrected chi connectivity index (χ0v) is 16.6. The first-order valence-electron chi connectivity index (χ1n) is 9.92. The van der Waals surface area contributed by atoms with E-state index in [1.807, 2.05) is 18.2 Å². The van der Waals surface area contributed by atoms with Crippen molar-refractivity contribution in [2.45, 2.75) is 18.9 Å². The summed E-state index contributed by atoms with van der Waals surface area (Å²) in [6, 6.07) is 13.9. The SMILES string of the molecule is C=C(Nc1cccnc1)NC1CCN(c2cc(Oc3ccc(F)cc3)ccn2)CC1. The summed E-state index contributed by atoms with van der Waals surface area (Å²) in [5.74, 6) is 2.64. The van der Waals surface area contributed by atoms with Gasteiger partial charge in [0.15, 0.2) is 0 Å². The van der Waals surface area contributed by atoms with Crippen LogP contribution in [0.25, 0.3) is 0 Å². The summed E-state index contributed by atoms with van der Waals surface area (Å²) in [5.41, 5.74) is 0.912. The lowest BCUT2D eigenvalue weighted by Gasteiger charge is -2.34. The highest BCUT2D eigenvalue weighted by molar-refractivity contribution is 5.46. The fourth-order valence-corrected chi connectivity index (χ4v) is 3.42. The van der Waals surface area contributed by atoms with Crippen molar-refractivity contribution in [1.82, 2.24) is 15.3 Å². The van der Waals surface area contributed by atoms with E-state index in [0.717, 1.165) is 43.3 Å². The molecule has 6 nitrogen and oxygen atoms in total. The van der Waals surface area contributed by atoms with Gasteiger partial charge in [-0.25, -0.2) is 9.37 Å². The Balaban J connectivity index is 1.29. The van der Waals surface area contributed by atoms with Gasteiger partial charge < -0.3 is 20.3 Å². The lowest BCUT2D eigenvalue weighted by atomic mass is 10.1. The second kappa shape index (κ2) is 9.26. The Bertz CT molecular complexity index is 972. The molecule has 1 fully saturated rings. The minimum atomic E-state index is -0.285. The van der Waals surface area contributed by atoms with Gasteiger partial charge in [0.1, 0.15) is 23.1 Å². The molecule has 1 saturated heterocycles. The molecule has 0 atom stereocenters. The summed E-state index contributed by atoms with van der Waals surface area (Å²) in [4.78, 5) is 10.8. The molecule has 0 spiro atoms. The quantitative estimate of drug-likeness (QED) is 0.601. The number of rotatable bonds is 7. The predicted octanol–water partition coefficient (Wildman–Crippen LogP) is 4.55. The summed E-state index contributed by atoms with van der Waals surface area (Å²) in [5, 5.41) is 6.68. The molecule has 154 valence electrons. The standard InChI is InChI=1S/C23H24FN5O/c1-17(28-20-3-2-11-25-16-20)27-19-9-13-29(14-10-19)23-15-22(8-12-26-23)30-21-6-4-18(24)5-7-21/h2-8,11-12,15-16,19,27-28H,1,9-10,13-14H2. The molecule has 30 heavy (non-hydrogen) atoms. The van der Waals surface area contributed by atoms with Crippen molar-refractivity contribution in [3.63, 3.8) is 0 Å². The van der Waals surface area contributed by atoms with Crippen LogP contribution in [0.1, 0.15) is 12.8 Å². The Kier molecular flexibility index (Phi) is 6.08. The molecule has 0 aliphatic carbocycles. The molecule has 1 aliphatic heterocycles. The number of benzene rings is 1. The average Bonchev–Trinajstić information content (AvgIpc) is 2.77. The van der Waals surface area contributed by atoms with Gasteiger partial charge in [0.2, 0.25) is 0 Å². The Labute approximate surface area is 175 Å². The topological polar surface area (TPSA) is 62.3 Å². The molecule has 3 aromatic rings. The van der Waals surface area contributed by atoms with Crippen LogP contribution >= 0.6 is 0 Å². The molecular weight excluding hydrogens is 381 g/mol. The van der Waals surface area contributed by atoms with Crippen molar-refractivity contribution < 1.29 is 9.13 Å². The lowest BCUT2D eigenvalue weighted by molar-refractivity contribution is 0.443. The van der Waals surface area contributed by atoms with Crippen molar-refractivity contribution in [2.75, 3.05) is 23.3 Å². The van der Waals surface area contributed by atoms with Gasteiger partial charge in [-0.15, -0.1) is 0 Å². The largest absolute Gasteiger partial charge is 0.457 e. The zero-order chi connectivity index (χ0) is 20.8. The van der Waals surface area contributed by atoms with E-state index in [4.69, 9.17) is 4.74 Å². The third kappa shape index (κ3) is 5.26. The van der Waals surface area contributed by atoms with Gasteiger partial charge in [-0.3, -0.25) is 4.98 Å². The van der Waals surface area contributed by atoms with E-state index >= 15 is 0 Å². The van der Waals surface area contributed by atoms with E-state index < -0.39 is 0 Å². The van der Waals surface area contributed by atoms with E-state index in [9.17, 15) is 4.39 Å². The number of hydrogen-bond donors (Lipinski definition) is 2. The Morgan fingerprint density at radius 1 is 1.07 bits per heavy atom. The zero-order valence-electron chi connectivity index (χ0n) is 16.6. The maximum absolute atomic E-state index is 13.1. The lowest BCUT2D eigenvalue weighted by Crippen LogP contribution is -2.43. The molecule has 0 bridgehead atoms. The number of piperidine rings is 1. The average molecular weight is 405 g/mol. The summed E-state index contributed by atoms with van der Waals surface area (Å²) in [7, 11) is 0. The molecule has 3 heterocycles. The number of anilines is 2. The van der Waals surface area contributed by atoms with Gasteiger partial charge in [0.25, 0.3) is 0 Å². The first-order valence-corrected chi connectivity index (χ1v) is 9.92. The highest BCUT2D eigenvalue weighted by Gasteiger charge is 2.20. The Morgan fingerprint density at radius 3 is 2.60 bits per heavy atom. The number of nitrogens with zero attached hydrogens (tertiary/aromatic N) is 3. The van der Waals surface area contributed by atoms with E-state index in [1.54, 1.807) is 36.8 Å². The van der Waals surface area contributed by atoms with Crippen LogP contribution in [0.2, 0.25) is 0 Å². The monoisotopic (exact) mass is 405 g/mol. The highest BCUT2D eigenvalue weighted by Crippen LogP contribution is 2.26.